The topological polar surface area (TPSA) is 30.5 Å². The van der Waals surface area contributed by atoms with E-state index in [2.05, 4.69) is 31.3 Å². The van der Waals surface area contributed by atoms with Crippen LogP contribution < -0.4 is 10.1 Å². The predicted molar refractivity (Wildman–Crippen MR) is 72.9 cm³/mol. The molecule has 3 atom stereocenters. The predicted octanol–water partition coefficient (Wildman–Crippen LogP) is 2.77. The average molecular weight is 249 g/mol. The van der Waals surface area contributed by atoms with Crippen LogP contribution in [-0.2, 0) is 4.74 Å². The molecule has 100 valence electrons. The Kier molecular flexibility index (Phi) is 4.61. The summed E-state index contributed by atoms with van der Waals surface area (Å²) >= 11 is 0. The van der Waals surface area contributed by atoms with Crippen LogP contribution in [0.15, 0.2) is 24.3 Å². The molecule has 1 heterocycles. The van der Waals surface area contributed by atoms with Crippen molar-refractivity contribution in [3.8, 4) is 5.75 Å². The normalized spacial score (nSPS) is 22.7. The lowest BCUT2D eigenvalue weighted by atomic mass is 9.98. The largest absolute Gasteiger partial charge is 0.497 e. The first-order valence-corrected chi connectivity index (χ1v) is 6.68. The van der Waals surface area contributed by atoms with E-state index < -0.39 is 0 Å². The zero-order valence-electron chi connectivity index (χ0n) is 11.5. The van der Waals surface area contributed by atoms with Crippen LogP contribution in [-0.4, -0.2) is 26.4 Å². The molecule has 0 radical (unpaired) electrons. The molecule has 2 rings (SSSR count). The average Bonchev–Trinajstić information content (AvgIpc) is 2.92. The fourth-order valence-corrected chi connectivity index (χ4v) is 2.47. The molecule has 18 heavy (non-hydrogen) atoms. The number of hydrogen-bond donors (Lipinski definition) is 1. The van der Waals surface area contributed by atoms with Crippen molar-refractivity contribution in [1.29, 1.82) is 0 Å². The third-order valence-electron chi connectivity index (χ3n) is 3.80. The molecule has 0 saturated carbocycles. The Morgan fingerprint density at radius 1 is 1.28 bits per heavy atom. The number of hydrogen-bond acceptors (Lipinski definition) is 3. The van der Waals surface area contributed by atoms with Crippen molar-refractivity contribution in [3.05, 3.63) is 29.8 Å². The highest BCUT2D eigenvalue weighted by Gasteiger charge is 2.23. The van der Waals surface area contributed by atoms with Crippen molar-refractivity contribution in [2.24, 2.45) is 5.92 Å². The summed E-state index contributed by atoms with van der Waals surface area (Å²) in [7, 11) is 1.69. The quantitative estimate of drug-likeness (QED) is 0.870. The Bertz CT molecular complexity index is 357. The summed E-state index contributed by atoms with van der Waals surface area (Å²) in [6.07, 6.45) is 1.17. The lowest BCUT2D eigenvalue weighted by Crippen LogP contribution is -2.35. The zero-order chi connectivity index (χ0) is 13.0. The van der Waals surface area contributed by atoms with E-state index >= 15 is 0 Å². The minimum absolute atomic E-state index is 0.353. The van der Waals surface area contributed by atoms with Gasteiger partial charge in [0.15, 0.2) is 0 Å². The monoisotopic (exact) mass is 249 g/mol. The van der Waals surface area contributed by atoms with Crippen LogP contribution in [0.25, 0.3) is 0 Å². The SMILES string of the molecule is COc1ccc([C@H](C)NC(C)C2CCOC2)cc1. The summed E-state index contributed by atoms with van der Waals surface area (Å²) in [4.78, 5) is 0. The molecular formula is C15H23NO2. The molecule has 0 spiro atoms. The molecule has 0 amide bonds. The molecule has 0 aliphatic carbocycles. The molecule has 1 fully saturated rings. The van der Waals surface area contributed by atoms with Crippen molar-refractivity contribution in [2.45, 2.75) is 32.4 Å². The molecule has 2 unspecified atom stereocenters. The highest BCUT2D eigenvalue weighted by molar-refractivity contribution is 5.28. The number of benzene rings is 1. The lowest BCUT2D eigenvalue weighted by molar-refractivity contribution is 0.177. The number of nitrogens with one attached hydrogen (secondary N) is 1. The van der Waals surface area contributed by atoms with Crippen molar-refractivity contribution in [1.82, 2.24) is 5.32 Å². The van der Waals surface area contributed by atoms with Gasteiger partial charge < -0.3 is 14.8 Å². The van der Waals surface area contributed by atoms with Gasteiger partial charge in [-0.2, -0.15) is 0 Å². The molecular weight excluding hydrogens is 226 g/mol. The molecule has 1 N–H and O–H groups in total. The first-order valence-electron chi connectivity index (χ1n) is 6.68. The molecule has 1 aliphatic rings. The summed E-state index contributed by atoms with van der Waals surface area (Å²) in [6.45, 7) is 6.25. The van der Waals surface area contributed by atoms with Crippen LogP contribution in [0.4, 0.5) is 0 Å². The second-order valence-electron chi connectivity index (χ2n) is 5.07. The molecule has 3 heteroatoms. The Morgan fingerprint density at radius 2 is 2.00 bits per heavy atom. The number of ether oxygens (including phenoxy) is 2. The van der Waals surface area contributed by atoms with Gasteiger partial charge in [-0.15, -0.1) is 0 Å². The van der Waals surface area contributed by atoms with Crippen LogP contribution in [0, 0.1) is 5.92 Å². The summed E-state index contributed by atoms with van der Waals surface area (Å²) in [5.41, 5.74) is 1.29. The van der Waals surface area contributed by atoms with Crippen LogP contribution in [0.5, 0.6) is 5.75 Å². The number of methoxy groups -OCH3 is 1. The van der Waals surface area contributed by atoms with Gasteiger partial charge in [0.1, 0.15) is 5.75 Å². The van der Waals surface area contributed by atoms with Crippen molar-refractivity contribution in [3.63, 3.8) is 0 Å². The Hall–Kier alpha value is -1.06. The summed E-state index contributed by atoms with van der Waals surface area (Å²) in [5, 5.41) is 3.65. The van der Waals surface area contributed by atoms with E-state index in [9.17, 15) is 0 Å². The minimum Gasteiger partial charge on any atom is -0.497 e. The van der Waals surface area contributed by atoms with Gasteiger partial charge in [-0.1, -0.05) is 12.1 Å². The fraction of sp³-hybridized carbons (Fsp3) is 0.600. The van der Waals surface area contributed by atoms with Crippen molar-refractivity contribution < 1.29 is 9.47 Å². The van der Waals surface area contributed by atoms with E-state index in [0.717, 1.165) is 19.0 Å². The van der Waals surface area contributed by atoms with E-state index in [0.29, 0.717) is 18.0 Å². The van der Waals surface area contributed by atoms with Gasteiger partial charge in [0.2, 0.25) is 0 Å². The summed E-state index contributed by atoms with van der Waals surface area (Å²) < 4.78 is 10.6. The van der Waals surface area contributed by atoms with Gasteiger partial charge in [0, 0.05) is 18.7 Å². The van der Waals surface area contributed by atoms with Gasteiger partial charge in [0.05, 0.1) is 13.7 Å². The van der Waals surface area contributed by atoms with Crippen molar-refractivity contribution in [2.75, 3.05) is 20.3 Å². The molecule has 3 nitrogen and oxygen atoms in total. The Labute approximate surface area is 109 Å². The van der Waals surface area contributed by atoms with Crippen LogP contribution >= 0.6 is 0 Å². The third kappa shape index (κ3) is 3.24. The van der Waals surface area contributed by atoms with E-state index in [4.69, 9.17) is 9.47 Å². The Morgan fingerprint density at radius 3 is 2.56 bits per heavy atom. The van der Waals surface area contributed by atoms with E-state index in [1.165, 1.54) is 12.0 Å². The van der Waals surface area contributed by atoms with Crippen LogP contribution in [0.1, 0.15) is 31.9 Å². The maximum atomic E-state index is 5.44. The number of rotatable bonds is 5. The maximum Gasteiger partial charge on any atom is 0.118 e. The van der Waals surface area contributed by atoms with Gasteiger partial charge in [-0.3, -0.25) is 0 Å². The summed E-state index contributed by atoms with van der Waals surface area (Å²) in [5.74, 6) is 1.55. The zero-order valence-corrected chi connectivity index (χ0v) is 11.5. The van der Waals surface area contributed by atoms with Gasteiger partial charge in [0.25, 0.3) is 0 Å². The lowest BCUT2D eigenvalue weighted by Gasteiger charge is -2.24. The fourth-order valence-electron chi connectivity index (χ4n) is 2.47. The Balaban J connectivity index is 1.91. The molecule has 1 aromatic carbocycles. The van der Waals surface area contributed by atoms with Crippen LogP contribution in [0.3, 0.4) is 0 Å². The molecule has 1 aliphatic heterocycles. The van der Waals surface area contributed by atoms with E-state index in [1.807, 2.05) is 12.1 Å². The van der Waals surface area contributed by atoms with Gasteiger partial charge >= 0.3 is 0 Å². The first-order chi connectivity index (χ1) is 8.70. The third-order valence-corrected chi connectivity index (χ3v) is 3.80. The smallest absolute Gasteiger partial charge is 0.118 e. The molecule has 1 aromatic rings. The minimum atomic E-state index is 0.353. The standard InChI is InChI=1S/C15H23NO2/c1-11(13-4-6-15(17-3)7-5-13)16-12(2)14-8-9-18-10-14/h4-7,11-12,14,16H,8-10H2,1-3H3/t11-,12?,14?/m0/s1. The second kappa shape index (κ2) is 6.21. The van der Waals surface area contributed by atoms with E-state index in [-0.39, 0.29) is 0 Å². The highest BCUT2D eigenvalue weighted by Crippen LogP contribution is 2.21. The van der Waals surface area contributed by atoms with Gasteiger partial charge in [-0.25, -0.2) is 0 Å². The van der Waals surface area contributed by atoms with Crippen molar-refractivity contribution >= 4 is 0 Å². The second-order valence-corrected chi connectivity index (χ2v) is 5.07. The molecule has 1 saturated heterocycles. The first kappa shape index (κ1) is 13.4. The van der Waals surface area contributed by atoms with Gasteiger partial charge in [-0.05, 0) is 43.9 Å². The van der Waals surface area contributed by atoms with Crippen LogP contribution in [0.2, 0.25) is 0 Å². The summed E-state index contributed by atoms with van der Waals surface area (Å²) in [6, 6.07) is 9.10. The van der Waals surface area contributed by atoms with E-state index in [1.54, 1.807) is 7.11 Å². The molecule has 0 aromatic heterocycles. The molecule has 0 bridgehead atoms. The maximum absolute atomic E-state index is 5.44. The highest BCUT2D eigenvalue weighted by atomic mass is 16.5.